The van der Waals surface area contributed by atoms with Crippen LogP contribution in [0.25, 0.3) is 5.70 Å². The van der Waals surface area contributed by atoms with Crippen molar-refractivity contribution in [3.05, 3.63) is 99.0 Å². The van der Waals surface area contributed by atoms with Crippen molar-refractivity contribution in [2.24, 2.45) is 0 Å². The number of rotatable bonds is 2. The van der Waals surface area contributed by atoms with Gasteiger partial charge in [-0.2, -0.15) is 10.1 Å². The number of aromatic nitrogens is 3. The minimum absolute atomic E-state index is 0.135. The molecule has 0 radical (unpaired) electrons. The van der Waals surface area contributed by atoms with Gasteiger partial charge in [0, 0.05) is 21.0 Å². The average Bonchev–Trinajstić information content (AvgIpc) is 3.44. The fourth-order valence-electron chi connectivity index (χ4n) is 4.08. The monoisotopic (exact) mass is 418 g/mol. The Bertz CT molecular complexity index is 1230. The summed E-state index contributed by atoms with van der Waals surface area (Å²) in [6, 6.07) is 20.1. The number of fused-ring (bicyclic) bond motifs is 3. The number of hydrogen-bond acceptors (Lipinski definition) is 5. The van der Waals surface area contributed by atoms with Crippen LogP contribution in [0.1, 0.15) is 28.1 Å². The fourth-order valence-corrected chi connectivity index (χ4v) is 5.02. The average molecular weight is 419 g/mol. The normalized spacial score (nSPS) is 19.6. The van der Waals surface area contributed by atoms with Gasteiger partial charge in [0.25, 0.3) is 0 Å². The van der Waals surface area contributed by atoms with E-state index in [0.29, 0.717) is 11.0 Å². The molecule has 0 saturated heterocycles. The van der Waals surface area contributed by atoms with Crippen LogP contribution in [0, 0.1) is 0 Å². The maximum absolute atomic E-state index is 6.54. The summed E-state index contributed by atoms with van der Waals surface area (Å²) in [5.74, 6) is 1.51. The van der Waals surface area contributed by atoms with Crippen LogP contribution in [0.3, 0.4) is 0 Å². The van der Waals surface area contributed by atoms with Gasteiger partial charge in [-0.1, -0.05) is 48.0 Å². The van der Waals surface area contributed by atoms with Gasteiger partial charge in [-0.05, 0) is 35.2 Å². The lowest BCUT2D eigenvalue weighted by Crippen LogP contribution is -2.32. The molecular formula is C22H15ClN4OS. The van der Waals surface area contributed by atoms with Crippen LogP contribution >= 0.6 is 22.9 Å². The number of nitrogens with zero attached hydrogens (tertiary/aromatic N) is 3. The largest absolute Gasteiger partial charge is 0.480 e. The van der Waals surface area contributed by atoms with Gasteiger partial charge in [-0.15, -0.1) is 11.3 Å². The van der Waals surface area contributed by atoms with Crippen molar-refractivity contribution in [2.75, 3.05) is 5.32 Å². The van der Waals surface area contributed by atoms with Gasteiger partial charge in [-0.3, -0.25) is 0 Å². The van der Waals surface area contributed by atoms with Gasteiger partial charge in [-0.25, -0.2) is 4.68 Å². The van der Waals surface area contributed by atoms with Gasteiger partial charge in [0.1, 0.15) is 18.1 Å². The molecule has 0 aliphatic carbocycles. The van der Waals surface area contributed by atoms with Crippen LogP contribution in [0.4, 0.5) is 5.95 Å². The highest BCUT2D eigenvalue weighted by molar-refractivity contribution is 7.10. The molecule has 2 aromatic heterocycles. The molecule has 5 nitrogen and oxygen atoms in total. The Labute approximate surface area is 176 Å². The number of thiophene rings is 1. The van der Waals surface area contributed by atoms with Gasteiger partial charge in [0.2, 0.25) is 5.95 Å². The summed E-state index contributed by atoms with van der Waals surface area (Å²) in [5.41, 5.74) is 4.16. The van der Waals surface area contributed by atoms with Crippen molar-refractivity contribution in [3.63, 3.8) is 0 Å². The lowest BCUT2D eigenvalue weighted by Gasteiger charge is -2.38. The molecule has 6 rings (SSSR count). The SMILES string of the molecule is Clc1ccc2c(c1)C1=C([C@H](c3ccccc3)n3ncnc3N1)[C@@H](c1cccs1)O2. The molecule has 0 amide bonds. The number of nitrogens with one attached hydrogen (secondary N) is 1. The molecule has 0 fully saturated rings. The van der Waals surface area contributed by atoms with Crippen LogP contribution in [-0.4, -0.2) is 14.8 Å². The lowest BCUT2D eigenvalue weighted by molar-refractivity contribution is 0.226. The van der Waals surface area contributed by atoms with E-state index in [1.54, 1.807) is 17.7 Å². The summed E-state index contributed by atoms with van der Waals surface area (Å²) in [6.07, 6.45) is 1.35. The first-order valence-corrected chi connectivity index (χ1v) is 10.5. The predicted octanol–water partition coefficient (Wildman–Crippen LogP) is 5.55. The van der Waals surface area contributed by atoms with Gasteiger partial charge in [0.15, 0.2) is 6.10 Å². The Morgan fingerprint density at radius 1 is 1.07 bits per heavy atom. The molecule has 29 heavy (non-hydrogen) atoms. The quantitative estimate of drug-likeness (QED) is 0.463. The number of anilines is 1. The Kier molecular flexibility index (Phi) is 3.76. The van der Waals surface area contributed by atoms with Gasteiger partial charge >= 0.3 is 0 Å². The number of hydrogen-bond donors (Lipinski definition) is 1. The zero-order valence-electron chi connectivity index (χ0n) is 15.1. The smallest absolute Gasteiger partial charge is 0.226 e. The Morgan fingerprint density at radius 3 is 2.79 bits per heavy atom. The highest BCUT2D eigenvalue weighted by Gasteiger charge is 2.41. The number of benzene rings is 2. The summed E-state index contributed by atoms with van der Waals surface area (Å²) in [5, 5.41) is 10.8. The molecule has 4 aromatic rings. The van der Waals surface area contributed by atoms with Crippen LogP contribution in [0.2, 0.25) is 5.02 Å². The minimum Gasteiger partial charge on any atom is -0.480 e. The molecule has 2 aromatic carbocycles. The third-order valence-corrected chi connectivity index (χ3v) is 6.44. The van der Waals surface area contributed by atoms with Crippen molar-refractivity contribution in [3.8, 4) is 5.75 Å². The molecule has 1 N–H and O–H groups in total. The Hall–Kier alpha value is -3.09. The third-order valence-electron chi connectivity index (χ3n) is 5.29. The first-order chi connectivity index (χ1) is 14.3. The van der Waals surface area contributed by atoms with E-state index in [4.69, 9.17) is 16.3 Å². The summed E-state index contributed by atoms with van der Waals surface area (Å²) in [7, 11) is 0. The third kappa shape index (κ3) is 2.60. The molecule has 2 aliphatic rings. The van der Waals surface area contributed by atoms with Crippen molar-refractivity contribution in [1.29, 1.82) is 0 Å². The summed E-state index contributed by atoms with van der Waals surface area (Å²) >= 11 is 8.02. The van der Waals surface area contributed by atoms with Crippen molar-refractivity contribution >= 4 is 34.6 Å². The van der Waals surface area contributed by atoms with E-state index in [1.807, 2.05) is 41.1 Å². The number of ether oxygens (including phenoxy) is 1. The fraction of sp³-hybridized carbons (Fsp3) is 0.0909. The van der Waals surface area contributed by atoms with Crippen LogP contribution < -0.4 is 10.1 Å². The first-order valence-electron chi connectivity index (χ1n) is 9.25. The molecule has 4 heterocycles. The zero-order chi connectivity index (χ0) is 19.4. The second-order valence-electron chi connectivity index (χ2n) is 6.95. The topological polar surface area (TPSA) is 52.0 Å². The lowest BCUT2D eigenvalue weighted by atomic mass is 9.87. The highest BCUT2D eigenvalue weighted by Crippen LogP contribution is 2.51. The van der Waals surface area contributed by atoms with Crippen LogP contribution in [0.5, 0.6) is 5.75 Å². The van der Waals surface area contributed by atoms with Gasteiger partial charge in [0.05, 0.1) is 5.70 Å². The van der Waals surface area contributed by atoms with Crippen molar-refractivity contribution in [1.82, 2.24) is 14.8 Å². The van der Waals surface area contributed by atoms with E-state index in [0.717, 1.165) is 33.0 Å². The molecule has 0 unspecified atom stereocenters. The molecule has 2 atom stereocenters. The predicted molar refractivity (Wildman–Crippen MR) is 114 cm³/mol. The van der Waals surface area contributed by atoms with E-state index in [1.165, 1.54) is 0 Å². The minimum atomic E-state index is -0.228. The maximum atomic E-state index is 6.54. The van der Waals surface area contributed by atoms with E-state index in [2.05, 4.69) is 45.0 Å². The second-order valence-corrected chi connectivity index (χ2v) is 8.37. The first kappa shape index (κ1) is 16.8. The zero-order valence-corrected chi connectivity index (χ0v) is 16.7. The van der Waals surface area contributed by atoms with Crippen LogP contribution in [-0.2, 0) is 0 Å². The highest BCUT2D eigenvalue weighted by atomic mass is 35.5. The molecule has 0 bridgehead atoms. The van der Waals surface area contributed by atoms with Crippen LogP contribution in [0.15, 0.2) is 77.9 Å². The molecule has 0 saturated carbocycles. The Balaban J connectivity index is 1.66. The van der Waals surface area contributed by atoms with Crippen molar-refractivity contribution in [2.45, 2.75) is 12.1 Å². The molecule has 0 spiro atoms. The Morgan fingerprint density at radius 2 is 1.97 bits per heavy atom. The van der Waals surface area contributed by atoms with Gasteiger partial charge < -0.3 is 10.1 Å². The van der Waals surface area contributed by atoms with E-state index in [9.17, 15) is 0 Å². The van der Waals surface area contributed by atoms with E-state index >= 15 is 0 Å². The summed E-state index contributed by atoms with van der Waals surface area (Å²) in [6.45, 7) is 0. The summed E-state index contributed by atoms with van der Waals surface area (Å²) in [4.78, 5) is 5.59. The molecular weight excluding hydrogens is 404 g/mol. The maximum Gasteiger partial charge on any atom is 0.226 e. The van der Waals surface area contributed by atoms with E-state index in [-0.39, 0.29) is 12.1 Å². The molecule has 2 aliphatic heterocycles. The summed E-state index contributed by atoms with van der Waals surface area (Å²) < 4.78 is 8.46. The molecule has 7 heteroatoms. The second kappa shape index (κ2) is 6.47. The molecule has 142 valence electrons. The van der Waals surface area contributed by atoms with Crippen molar-refractivity contribution < 1.29 is 4.74 Å². The van der Waals surface area contributed by atoms with E-state index < -0.39 is 0 Å². The standard InChI is InChI=1S/C22H15ClN4OS/c23-14-8-9-16-15(11-14)19-18(21(28-16)17-7-4-10-29-17)20(13-5-2-1-3-6-13)27-22(26-19)24-12-25-27/h1-12,20-21H,(H,24,25,26)/t20-,21+/m0/s1. The number of halogens is 1.